The minimum atomic E-state index is 1.10. The number of hydrogen-bond donors (Lipinski definition) is 1. The van der Waals surface area contributed by atoms with Crippen molar-refractivity contribution in [2.45, 2.75) is 40.5 Å². The molecule has 1 nitrogen and oxygen atoms in total. The minimum absolute atomic E-state index is 1.10. The Morgan fingerprint density at radius 3 is 2.18 bits per heavy atom. The third-order valence-electron chi connectivity index (χ3n) is 1.56. The van der Waals surface area contributed by atoms with Crippen molar-refractivity contribution in [1.82, 2.24) is 5.32 Å². The summed E-state index contributed by atoms with van der Waals surface area (Å²) < 4.78 is 0. The van der Waals surface area contributed by atoms with E-state index in [9.17, 15) is 0 Å². The maximum atomic E-state index is 3.13. The lowest BCUT2D eigenvalue weighted by Gasteiger charge is -2.00. The molecule has 0 unspecified atom stereocenters. The van der Waals surface area contributed by atoms with Crippen LogP contribution in [-0.4, -0.2) is 13.6 Å². The fourth-order valence-electron chi connectivity index (χ4n) is 0.811. The molecule has 0 radical (unpaired) electrons. The van der Waals surface area contributed by atoms with E-state index in [4.69, 9.17) is 0 Å². The fourth-order valence-corrected chi connectivity index (χ4v) is 0.811. The van der Waals surface area contributed by atoms with Gasteiger partial charge in [-0.3, -0.25) is 0 Å². The molecule has 0 aromatic heterocycles. The van der Waals surface area contributed by atoms with Gasteiger partial charge in [-0.15, -0.1) is 0 Å². The summed E-state index contributed by atoms with van der Waals surface area (Å²) in [6, 6.07) is 0. The van der Waals surface area contributed by atoms with Crippen LogP contribution in [0.4, 0.5) is 0 Å². The van der Waals surface area contributed by atoms with E-state index >= 15 is 0 Å². The van der Waals surface area contributed by atoms with E-state index in [1.54, 1.807) is 5.57 Å². The van der Waals surface area contributed by atoms with Crippen LogP contribution in [0, 0.1) is 0 Å². The van der Waals surface area contributed by atoms with E-state index in [1.165, 1.54) is 12.8 Å². The molecule has 0 spiro atoms. The lowest BCUT2D eigenvalue weighted by molar-refractivity contribution is 0.766. The van der Waals surface area contributed by atoms with Gasteiger partial charge in [0.25, 0.3) is 0 Å². The molecule has 0 atom stereocenters. The van der Waals surface area contributed by atoms with Gasteiger partial charge in [-0.1, -0.05) is 32.4 Å². The molecule has 1 N–H and O–H groups in total. The predicted octanol–water partition coefficient (Wildman–Crippen LogP) is 2.98. The van der Waals surface area contributed by atoms with Gasteiger partial charge in [-0.05, 0) is 33.4 Å². The van der Waals surface area contributed by atoms with Gasteiger partial charge < -0.3 is 5.32 Å². The highest BCUT2D eigenvalue weighted by Gasteiger charge is 1.88. The van der Waals surface area contributed by atoms with Crippen LogP contribution in [0.25, 0.3) is 0 Å². The average molecular weight is 157 g/mol. The zero-order chi connectivity index (χ0) is 9.11. The molecule has 0 fully saturated rings. The summed E-state index contributed by atoms with van der Waals surface area (Å²) in [5.74, 6) is 0. The zero-order valence-electron chi connectivity index (χ0n) is 8.70. The number of rotatable bonds is 4. The molecule has 0 heterocycles. The molecule has 0 aromatic rings. The summed E-state index contributed by atoms with van der Waals surface area (Å²) in [7, 11) is 1.99. The summed E-state index contributed by atoms with van der Waals surface area (Å²) in [4.78, 5) is 0. The molecule has 0 saturated carbocycles. The minimum Gasteiger partial charge on any atom is -0.319 e. The van der Waals surface area contributed by atoms with Crippen LogP contribution >= 0.6 is 0 Å². The van der Waals surface area contributed by atoms with Gasteiger partial charge in [-0.25, -0.2) is 0 Å². The molecule has 1 heteroatoms. The topological polar surface area (TPSA) is 12.0 Å². The Morgan fingerprint density at radius 2 is 1.91 bits per heavy atom. The first-order chi connectivity index (χ1) is 5.35. The molecular formula is C10H23N. The highest BCUT2D eigenvalue weighted by molar-refractivity contribution is 4.99. The van der Waals surface area contributed by atoms with Crippen LogP contribution in [0.1, 0.15) is 40.5 Å². The second kappa shape index (κ2) is 12.4. The summed E-state index contributed by atoms with van der Waals surface area (Å²) in [6.07, 6.45) is 4.60. The van der Waals surface area contributed by atoms with Crippen LogP contribution in [0.2, 0.25) is 0 Å². The quantitative estimate of drug-likeness (QED) is 0.619. The van der Waals surface area contributed by atoms with Crippen molar-refractivity contribution in [3.8, 4) is 0 Å². The first kappa shape index (κ1) is 13.3. The molecule has 0 amide bonds. The molecule has 0 rings (SSSR count). The molecular weight excluding hydrogens is 134 g/mol. The Morgan fingerprint density at radius 1 is 1.36 bits per heavy atom. The van der Waals surface area contributed by atoms with Gasteiger partial charge in [0.15, 0.2) is 0 Å². The number of nitrogens with one attached hydrogen (secondary N) is 1. The van der Waals surface area contributed by atoms with Gasteiger partial charge in [-0.2, -0.15) is 0 Å². The first-order valence-corrected chi connectivity index (χ1v) is 4.63. The normalized spacial score (nSPS) is 10.5. The van der Waals surface area contributed by atoms with Crippen molar-refractivity contribution in [3.63, 3.8) is 0 Å². The predicted molar refractivity (Wildman–Crippen MR) is 53.9 cm³/mol. The van der Waals surface area contributed by atoms with E-state index < -0.39 is 0 Å². The third kappa shape index (κ3) is 9.70. The van der Waals surface area contributed by atoms with Crippen LogP contribution in [0.5, 0.6) is 0 Å². The van der Waals surface area contributed by atoms with Crippen molar-refractivity contribution < 1.29 is 0 Å². The van der Waals surface area contributed by atoms with E-state index in [-0.39, 0.29) is 0 Å². The van der Waals surface area contributed by atoms with Crippen molar-refractivity contribution in [1.29, 1.82) is 0 Å². The van der Waals surface area contributed by atoms with Crippen LogP contribution < -0.4 is 5.32 Å². The highest BCUT2D eigenvalue weighted by atomic mass is 14.8. The molecule has 0 aromatic carbocycles. The highest BCUT2D eigenvalue weighted by Crippen LogP contribution is 2.03. The van der Waals surface area contributed by atoms with Gasteiger partial charge in [0.2, 0.25) is 0 Å². The maximum absolute atomic E-state index is 3.13. The Bertz CT molecular complexity index is 84.9. The van der Waals surface area contributed by atoms with Crippen molar-refractivity contribution >= 4 is 0 Å². The Hall–Kier alpha value is -0.300. The lowest BCUT2D eigenvalue weighted by Crippen LogP contribution is -2.07. The van der Waals surface area contributed by atoms with E-state index in [0.29, 0.717) is 0 Å². The summed E-state index contributed by atoms with van der Waals surface area (Å²) in [5, 5.41) is 3.13. The Kier molecular flexibility index (Phi) is 15.0. The Labute approximate surface area is 71.9 Å². The summed E-state index contributed by atoms with van der Waals surface area (Å²) >= 11 is 0. The van der Waals surface area contributed by atoms with Crippen molar-refractivity contribution in [2.75, 3.05) is 13.6 Å². The average Bonchev–Trinajstić information content (AvgIpc) is 2.10. The molecule has 68 valence electrons. The number of allylic oxidation sites excluding steroid dienone is 1. The first-order valence-electron chi connectivity index (χ1n) is 4.63. The molecule has 0 aliphatic heterocycles. The summed E-state index contributed by atoms with van der Waals surface area (Å²) in [5.41, 5.74) is 1.55. The molecule has 11 heavy (non-hydrogen) atoms. The van der Waals surface area contributed by atoms with E-state index in [2.05, 4.69) is 25.2 Å². The molecule has 0 saturated heterocycles. The zero-order valence-corrected chi connectivity index (χ0v) is 8.70. The second-order valence-corrected chi connectivity index (χ2v) is 2.15. The maximum Gasteiger partial charge on any atom is -0.00146 e. The smallest absolute Gasteiger partial charge is 0.00146 e. The standard InChI is InChI=1S/C8H17N.C2H6/c1-4-8(5-2)6-7-9-3;1-2/h4,9H,5-7H2,1-3H3;1-2H3/b8-4-;. The van der Waals surface area contributed by atoms with Gasteiger partial charge in [0.1, 0.15) is 0 Å². The fraction of sp³-hybridized carbons (Fsp3) is 0.800. The largest absolute Gasteiger partial charge is 0.319 e. The second-order valence-electron chi connectivity index (χ2n) is 2.15. The van der Waals surface area contributed by atoms with Crippen LogP contribution in [0.15, 0.2) is 11.6 Å². The third-order valence-corrected chi connectivity index (χ3v) is 1.56. The van der Waals surface area contributed by atoms with Gasteiger partial charge in [0.05, 0.1) is 0 Å². The van der Waals surface area contributed by atoms with E-state index in [1.807, 2.05) is 20.9 Å². The van der Waals surface area contributed by atoms with Gasteiger partial charge >= 0.3 is 0 Å². The summed E-state index contributed by atoms with van der Waals surface area (Å²) in [6.45, 7) is 9.41. The number of hydrogen-bond acceptors (Lipinski definition) is 1. The van der Waals surface area contributed by atoms with Gasteiger partial charge in [0, 0.05) is 0 Å². The van der Waals surface area contributed by atoms with Crippen LogP contribution in [0.3, 0.4) is 0 Å². The molecule has 0 bridgehead atoms. The molecule has 0 aliphatic rings. The molecule has 0 aliphatic carbocycles. The van der Waals surface area contributed by atoms with Crippen LogP contribution in [-0.2, 0) is 0 Å². The lowest BCUT2D eigenvalue weighted by atomic mass is 10.1. The van der Waals surface area contributed by atoms with Crippen molar-refractivity contribution in [2.24, 2.45) is 0 Å². The van der Waals surface area contributed by atoms with E-state index in [0.717, 1.165) is 6.54 Å². The van der Waals surface area contributed by atoms with Crippen molar-refractivity contribution in [3.05, 3.63) is 11.6 Å². The monoisotopic (exact) mass is 157 g/mol. The SMILES string of the molecule is C/C=C(/CC)CCNC.CC. The Balaban J connectivity index is 0.